The molecule has 1 saturated carbocycles. The SMILES string of the molecule is CCCNc1ccc(C)cc1C(=O)NCC1(C)CCCC1. The average molecular weight is 288 g/mol. The highest BCUT2D eigenvalue weighted by molar-refractivity contribution is 5.99. The van der Waals surface area contributed by atoms with Gasteiger partial charge in [-0.2, -0.15) is 0 Å². The summed E-state index contributed by atoms with van der Waals surface area (Å²) in [6.07, 6.45) is 6.08. The van der Waals surface area contributed by atoms with Crippen LogP contribution in [0.1, 0.15) is 61.9 Å². The van der Waals surface area contributed by atoms with Crippen LogP contribution in [0.2, 0.25) is 0 Å². The molecular formula is C18H28N2O. The molecular weight excluding hydrogens is 260 g/mol. The Morgan fingerprint density at radius 1 is 1.29 bits per heavy atom. The summed E-state index contributed by atoms with van der Waals surface area (Å²) >= 11 is 0. The second-order valence-electron chi connectivity index (χ2n) is 6.68. The van der Waals surface area contributed by atoms with Gasteiger partial charge < -0.3 is 10.6 Å². The number of aryl methyl sites for hydroxylation is 1. The second kappa shape index (κ2) is 6.97. The maximum atomic E-state index is 12.5. The van der Waals surface area contributed by atoms with Crippen molar-refractivity contribution in [3.63, 3.8) is 0 Å². The fourth-order valence-corrected chi connectivity index (χ4v) is 3.05. The molecule has 0 aliphatic heterocycles. The van der Waals surface area contributed by atoms with Crippen LogP contribution in [-0.2, 0) is 0 Å². The van der Waals surface area contributed by atoms with E-state index in [0.717, 1.165) is 36.3 Å². The van der Waals surface area contributed by atoms with Crippen molar-refractivity contribution in [2.45, 2.75) is 52.9 Å². The summed E-state index contributed by atoms with van der Waals surface area (Å²) in [6, 6.07) is 6.04. The summed E-state index contributed by atoms with van der Waals surface area (Å²) in [4.78, 5) is 12.5. The summed E-state index contributed by atoms with van der Waals surface area (Å²) in [7, 11) is 0. The van der Waals surface area contributed by atoms with Crippen LogP contribution >= 0.6 is 0 Å². The van der Waals surface area contributed by atoms with Gasteiger partial charge in [0.1, 0.15) is 0 Å². The summed E-state index contributed by atoms with van der Waals surface area (Å²) < 4.78 is 0. The Bertz CT molecular complexity index is 490. The lowest BCUT2D eigenvalue weighted by atomic mass is 9.89. The monoisotopic (exact) mass is 288 g/mol. The largest absolute Gasteiger partial charge is 0.384 e. The molecule has 2 rings (SSSR count). The quantitative estimate of drug-likeness (QED) is 0.826. The molecule has 0 unspecified atom stereocenters. The van der Waals surface area contributed by atoms with Crippen molar-refractivity contribution in [1.29, 1.82) is 0 Å². The zero-order valence-electron chi connectivity index (χ0n) is 13.6. The van der Waals surface area contributed by atoms with Gasteiger partial charge in [0.15, 0.2) is 0 Å². The van der Waals surface area contributed by atoms with Crippen LogP contribution in [0, 0.1) is 12.3 Å². The first kappa shape index (κ1) is 15.9. The molecule has 1 aromatic carbocycles. The van der Waals surface area contributed by atoms with Crippen molar-refractivity contribution >= 4 is 11.6 Å². The first-order chi connectivity index (χ1) is 10.0. The van der Waals surface area contributed by atoms with Gasteiger partial charge in [0.2, 0.25) is 0 Å². The highest BCUT2D eigenvalue weighted by Crippen LogP contribution is 2.36. The van der Waals surface area contributed by atoms with Crippen LogP contribution in [0.5, 0.6) is 0 Å². The van der Waals surface area contributed by atoms with E-state index in [-0.39, 0.29) is 11.3 Å². The number of hydrogen-bond acceptors (Lipinski definition) is 2. The van der Waals surface area contributed by atoms with Gasteiger partial charge in [0.05, 0.1) is 5.56 Å². The zero-order valence-corrected chi connectivity index (χ0v) is 13.6. The standard InChI is InChI=1S/C18H28N2O/c1-4-11-19-16-8-7-14(2)12-15(16)17(21)20-13-18(3)9-5-6-10-18/h7-8,12,19H,4-6,9-11,13H2,1-3H3,(H,20,21). The molecule has 21 heavy (non-hydrogen) atoms. The fourth-order valence-electron chi connectivity index (χ4n) is 3.05. The molecule has 0 radical (unpaired) electrons. The fraction of sp³-hybridized carbons (Fsp3) is 0.611. The molecule has 1 aromatic rings. The Labute approximate surface area is 128 Å². The summed E-state index contributed by atoms with van der Waals surface area (Å²) in [6.45, 7) is 8.11. The lowest BCUT2D eigenvalue weighted by molar-refractivity contribution is 0.0935. The summed E-state index contributed by atoms with van der Waals surface area (Å²) in [5, 5.41) is 6.49. The Balaban J connectivity index is 2.04. The zero-order chi connectivity index (χ0) is 15.3. The van der Waals surface area contributed by atoms with Crippen LogP contribution in [0.4, 0.5) is 5.69 Å². The molecule has 1 amide bonds. The van der Waals surface area contributed by atoms with Crippen molar-refractivity contribution < 1.29 is 4.79 Å². The van der Waals surface area contributed by atoms with Gasteiger partial charge in [-0.15, -0.1) is 0 Å². The Hall–Kier alpha value is -1.51. The van der Waals surface area contributed by atoms with Crippen LogP contribution in [0.25, 0.3) is 0 Å². The minimum absolute atomic E-state index is 0.0467. The van der Waals surface area contributed by atoms with Crippen molar-refractivity contribution in [3.8, 4) is 0 Å². The number of benzene rings is 1. The molecule has 3 nitrogen and oxygen atoms in total. The van der Waals surface area contributed by atoms with E-state index in [1.54, 1.807) is 0 Å². The van der Waals surface area contributed by atoms with Gasteiger partial charge in [0.25, 0.3) is 5.91 Å². The van der Waals surface area contributed by atoms with Crippen molar-refractivity contribution in [2.75, 3.05) is 18.4 Å². The van der Waals surface area contributed by atoms with Crippen LogP contribution in [-0.4, -0.2) is 19.0 Å². The number of carbonyl (C=O) groups excluding carboxylic acids is 1. The van der Waals surface area contributed by atoms with Crippen molar-refractivity contribution in [1.82, 2.24) is 5.32 Å². The Morgan fingerprint density at radius 2 is 2.00 bits per heavy atom. The summed E-state index contributed by atoms with van der Waals surface area (Å²) in [5.41, 5.74) is 3.12. The second-order valence-corrected chi connectivity index (χ2v) is 6.68. The molecule has 0 heterocycles. The molecule has 1 fully saturated rings. The maximum absolute atomic E-state index is 12.5. The Kier molecular flexibility index (Phi) is 5.27. The van der Waals surface area contributed by atoms with E-state index in [1.165, 1.54) is 25.7 Å². The lowest BCUT2D eigenvalue weighted by Crippen LogP contribution is -2.34. The third-order valence-electron chi connectivity index (χ3n) is 4.47. The molecule has 0 atom stereocenters. The first-order valence-corrected chi connectivity index (χ1v) is 8.17. The maximum Gasteiger partial charge on any atom is 0.253 e. The number of amides is 1. The minimum Gasteiger partial charge on any atom is -0.384 e. The van der Waals surface area contributed by atoms with Gasteiger partial charge in [-0.3, -0.25) is 4.79 Å². The van der Waals surface area contributed by atoms with Gasteiger partial charge in [-0.1, -0.05) is 38.3 Å². The lowest BCUT2D eigenvalue weighted by Gasteiger charge is -2.24. The molecule has 1 aliphatic carbocycles. The van der Waals surface area contributed by atoms with E-state index < -0.39 is 0 Å². The van der Waals surface area contributed by atoms with E-state index in [4.69, 9.17) is 0 Å². The number of hydrogen-bond donors (Lipinski definition) is 2. The normalized spacial score (nSPS) is 16.7. The van der Waals surface area contributed by atoms with E-state index in [0.29, 0.717) is 0 Å². The van der Waals surface area contributed by atoms with Crippen LogP contribution < -0.4 is 10.6 Å². The van der Waals surface area contributed by atoms with E-state index in [9.17, 15) is 4.79 Å². The molecule has 0 bridgehead atoms. The van der Waals surface area contributed by atoms with E-state index >= 15 is 0 Å². The third kappa shape index (κ3) is 4.23. The van der Waals surface area contributed by atoms with Gasteiger partial charge in [-0.05, 0) is 43.7 Å². The van der Waals surface area contributed by atoms with Gasteiger partial charge in [0, 0.05) is 18.8 Å². The first-order valence-electron chi connectivity index (χ1n) is 8.17. The van der Waals surface area contributed by atoms with E-state index in [1.807, 2.05) is 25.1 Å². The van der Waals surface area contributed by atoms with Crippen molar-refractivity contribution in [3.05, 3.63) is 29.3 Å². The molecule has 1 aliphatic rings. The highest BCUT2D eigenvalue weighted by atomic mass is 16.1. The predicted molar refractivity (Wildman–Crippen MR) is 88.9 cm³/mol. The molecule has 0 aromatic heterocycles. The van der Waals surface area contributed by atoms with Crippen molar-refractivity contribution in [2.24, 2.45) is 5.41 Å². The number of nitrogens with one attached hydrogen (secondary N) is 2. The highest BCUT2D eigenvalue weighted by Gasteiger charge is 2.29. The van der Waals surface area contributed by atoms with Crippen LogP contribution in [0.3, 0.4) is 0 Å². The number of anilines is 1. The summed E-state index contributed by atoms with van der Waals surface area (Å²) in [5.74, 6) is 0.0467. The Morgan fingerprint density at radius 3 is 2.67 bits per heavy atom. The third-order valence-corrected chi connectivity index (χ3v) is 4.47. The molecule has 3 heteroatoms. The van der Waals surface area contributed by atoms with Crippen LogP contribution in [0.15, 0.2) is 18.2 Å². The predicted octanol–water partition coefficient (Wildman–Crippen LogP) is 4.13. The molecule has 0 spiro atoms. The minimum atomic E-state index is 0.0467. The number of rotatable bonds is 6. The average Bonchev–Trinajstić information content (AvgIpc) is 2.91. The van der Waals surface area contributed by atoms with E-state index in [2.05, 4.69) is 24.5 Å². The van der Waals surface area contributed by atoms with Gasteiger partial charge >= 0.3 is 0 Å². The molecule has 116 valence electrons. The topological polar surface area (TPSA) is 41.1 Å². The molecule has 2 N–H and O–H groups in total. The smallest absolute Gasteiger partial charge is 0.253 e. The number of carbonyl (C=O) groups is 1. The molecule has 0 saturated heterocycles. The van der Waals surface area contributed by atoms with Gasteiger partial charge in [-0.25, -0.2) is 0 Å².